The average Bonchev–Trinajstić information content (AvgIpc) is 3.03. The Morgan fingerprint density at radius 1 is 1.07 bits per heavy atom. The molecule has 4 nitrogen and oxygen atoms in total. The number of amides is 1. The number of anilines is 1. The Labute approximate surface area is 191 Å². The molecule has 0 saturated heterocycles. The molecule has 156 valence electrons. The first-order chi connectivity index (χ1) is 13.1. The average molecular weight is 497 g/mol. The third-order valence-electron chi connectivity index (χ3n) is 4.58. The number of nitrogens with zero attached hydrogens (tertiary/aromatic N) is 3. The van der Waals surface area contributed by atoms with Crippen LogP contribution in [0, 0.1) is 0 Å². The molecule has 2 aromatic carbocycles. The van der Waals surface area contributed by atoms with Gasteiger partial charge in [-0.1, -0.05) is 60.2 Å². The van der Waals surface area contributed by atoms with Crippen molar-refractivity contribution in [1.29, 1.82) is 0 Å². The molecule has 0 unspecified atom stereocenters. The van der Waals surface area contributed by atoms with Gasteiger partial charge in [-0.15, -0.1) is 12.4 Å². The van der Waals surface area contributed by atoms with E-state index in [1.54, 1.807) is 16.2 Å². The molecule has 0 fully saturated rings. The maximum Gasteiger partial charge on any atom is 0.260 e. The van der Waals surface area contributed by atoms with Crippen LogP contribution in [-0.2, 0) is 5.41 Å². The van der Waals surface area contributed by atoms with Crippen molar-refractivity contribution >= 4 is 60.9 Å². The lowest BCUT2D eigenvalue weighted by Gasteiger charge is -2.23. The van der Waals surface area contributed by atoms with Crippen LogP contribution in [0.25, 0.3) is 10.2 Å². The van der Waals surface area contributed by atoms with Crippen LogP contribution in [0.3, 0.4) is 0 Å². The fourth-order valence-electron chi connectivity index (χ4n) is 2.85. The highest BCUT2D eigenvalue weighted by Crippen LogP contribution is 2.32. The van der Waals surface area contributed by atoms with Gasteiger partial charge in [0.05, 0.1) is 10.2 Å². The maximum absolute atomic E-state index is 13.3. The van der Waals surface area contributed by atoms with E-state index in [0.29, 0.717) is 12.1 Å². The van der Waals surface area contributed by atoms with Gasteiger partial charge < -0.3 is 4.90 Å². The molecule has 0 atom stereocenters. The standard InChI is InChI=1S/C22H26BrN3OS.ClH/c1-22(2,3)16-8-6-15(7-9-16)20(27)26(13-12-25(4)5)21-24-18-11-10-17(23)14-19(18)28-21;/h6-11,14H,12-13H2,1-5H3;1H. The molecule has 0 aliphatic carbocycles. The van der Waals surface area contributed by atoms with E-state index in [4.69, 9.17) is 4.98 Å². The SMILES string of the molecule is CN(C)CCN(C(=O)c1ccc(C(C)(C)C)cc1)c1nc2ccc(Br)cc2s1.Cl. The van der Waals surface area contributed by atoms with Crippen molar-refractivity contribution in [3.63, 3.8) is 0 Å². The minimum atomic E-state index is -0.0135. The first-order valence-electron chi connectivity index (χ1n) is 9.28. The second-order valence-corrected chi connectivity index (χ2v) is 10.1. The van der Waals surface area contributed by atoms with Gasteiger partial charge in [0.1, 0.15) is 0 Å². The summed E-state index contributed by atoms with van der Waals surface area (Å²) in [7, 11) is 4.02. The molecule has 1 aromatic heterocycles. The lowest BCUT2D eigenvalue weighted by Crippen LogP contribution is -2.36. The predicted octanol–water partition coefficient (Wildman–Crippen LogP) is 5.99. The number of fused-ring (bicyclic) bond motifs is 1. The topological polar surface area (TPSA) is 36.4 Å². The Hall–Kier alpha value is -1.47. The molecule has 7 heteroatoms. The van der Waals surface area contributed by atoms with E-state index in [1.165, 1.54) is 5.56 Å². The molecule has 1 amide bonds. The molecule has 0 N–H and O–H groups in total. The van der Waals surface area contributed by atoms with E-state index in [1.807, 2.05) is 56.6 Å². The van der Waals surface area contributed by atoms with Gasteiger partial charge in [-0.3, -0.25) is 9.69 Å². The largest absolute Gasteiger partial charge is 0.308 e. The summed E-state index contributed by atoms with van der Waals surface area (Å²) in [5, 5.41) is 0.736. The van der Waals surface area contributed by atoms with Crippen molar-refractivity contribution in [2.45, 2.75) is 26.2 Å². The zero-order chi connectivity index (χ0) is 20.5. The van der Waals surface area contributed by atoms with Gasteiger partial charge in [-0.25, -0.2) is 4.98 Å². The van der Waals surface area contributed by atoms with E-state index >= 15 is 0 Å². The first kappa shape index (κ1) is 23.8. The second kappa shape index (κ2) is 9.56. The predicted molar refractivity (Wildman–Crippen MR) is 130 cm³/mol. The monoisotopic (exact) mass is 495 g/mol. The number of rotatable bonds is 5. The maximum atomic E-state index is 13.3. The Morgan fingerprint density at radius 2 is 1.72 bits per heavy atom. The minimum Gasteiger partial charge on any atom is -0.308 e. The van der Waals surface area contributed by atoms with Crippen molar-refractivity contribution < 1.29 is 4.79 Å². The van der Waals surface area contributed by atoms with Crippen LogP contribution in [0.4, 0.5) is 5.13 Å². The molecule has 0 saturated carbocycles. The highest BCUT2D eigenvalue weighted by Gasteiger charge is 2.22. The highest BCUT2D eigenvalue weighted by molar-refractivity contribution is 9.10. The van der Waals surface area contributed by atoms with Crippen molar-refractivity contribution in [3.8, 4) is 0 Å². The number of hydrogen-bond donors (Lipinski definition) is 0. The van der Waals surface area contributed by atoms with Crippen molar-refractivity contribution in [1.82, 2.24) is 9.88 Å². The first-order valence-corrected chi connectivity index (χ1v) is 10.9. The summed E-state index contributed by atoms with van der Waals surface area (Å²) >= 11 is 5.06. The zero-order valence-electron chi connectivity index (χ0n) is 17.4. The molecular weight excluding hydrogens is 470 g/mol. The normalized spacial score (nSPS) is 11.6. The van der Waals surface area contributed by atoms with Crippen molar-refractivity contribution in [2.75, 3.05) is 32.1 Å². The molecule has 29 heavy (non-hydrogen) atoms. The number of likely N-dealkylation sites (N-methyl/N-ethyl adjacent to an activating group) is 1. The number of hydrogen-bond acceptors (Lipinski definition) is 4. The van der Waals surface area contributed by atoms with Gasteiger partial charge in [0.2, 0.25) is 0 Å². The molecule has 3 rings (SSSR count). The molecular formula is C22H27BrClN3OS. The number of aromatic nitrogens is 1. The second-order valence-electron chi connectivity index (χ2n) is 8.20. The summed E-state index contributed by atoms with van der Waals surface area (Å²) in [6.45, 7) is 7.88. The summed E-state index contributed by atoms with van der Waals surface area (Å²) < 4.78 is 2.08. The van der Waals surface area contributed by atoms with Gasteiger partial charge in [0.15, 0.2) is 5.13 Å². The van der Waals surface area contributed by atoms with Crippen LogP contribution in [0.1, 0.15) is 36.7 Å². The van der Waals surface area contributed by atoms with Crippen LogP contribution in [0.2, 0.25) is 0 Å². The molecule has 0 aliphatic heterocycles. The van der Waals surface area contributed by atoms with E-state index in [9.17, 15) is 4.79 Å². The Kier molecular flexibility index (Phi) is 7.85. The van der Waals surface area contributed by atoms with Crippen LogP contribution in [0.15, 0.2) is 46.9 Å². The lowest BCUT2D eigenvalue weighted by atomic mass is 9.86. The highest BCUT2D eigenvalue weighted by atomic mass is 79.9. The van der Waals surface area contributed by atoms with Gasteiger partial charge >= 0.3 is 0 Å². The van der Waals surface area contributed by atoms with Gasteiger partial charge in [-0.2, -0.15) is 0 Å². The fraction of sp³-hybridized carbons (Fsp3) is 0.364. The number of benzene rings is 2. The summed E-state index contributed by atoms with van der Waals surface area (Å²) in [5.74, 6) is -0.0135. The third kappa shape index (κ3) is 5.79. The summed E-state index contributed by atoms with van der Waals surface area (Å²) in [6, 6.07) is 13.9. The number of halogens is 2. The van der Waals surface area contributed by atoms with E-state index in [0.717, 1.165) is 26.4 Å². The molecule has 1 heterocycles. The quantitative estimate of drug-likeness (QED) is 0.435. The van der Waals surface area contributed by atoms with Crippen LogP contribution in [-0.4, -0.2) is 43.0 Å². The van der Waals surface area contributed by atoms with Crippen LogP contribution >= 0.6 is 39.7 Å². The molecule has 0 spiro atoms. The van der Waals surface area contributed by atoms with Gasteiger partial charge in [0.25, 0.3) is 5.91 Å². The number of carbonyl (C=O) groups is 1. The Bertz CT molecular complexity index is 980. The van der Waals surface area contributed by atoms with Crippen molar-refractivity contribution in [2.24, 2.45) is 0 Å². The molecule has 3 aromatic rings. The Morgan fingerprint density at radius 3 is 2.31 bits per heavy atom. The molecule has 0 aliphatic rings. The summed E-state index contributed by atoms with van der Waals surface area (Å²) in [5.41, 5.74) is 2.88. The third-order valence-corrected chi connectivity index (χ3v) is 6.12. The van der Waals surface area contributed by atoms with Gasteiger partial charge in [-0.05, 0) is 55.4 Å². The van der Waals surface area contributed by atoms with Crippen LogP contribution < -0.4 is 4.90 Å². The van der Waals surface area contributed by atoms with E-state index in [2.05, 4.69) is 41.6 Å². The van der Waals surface area contributed by atoms with E-state index in [-0.39, 0.29) is 23.7 Å². The summed E-state index contributed by atoms with van der Waals surface area (Å²) in [6.07, 6.45) is 0. The number of thiazole rings is 1. The minimum absolute atomic E-state index is 0. The van der Waals surface area contributed by atoms with Crippen molar-refractivity contribution in [3.05, 3.63) is 58.1 Å². The van der Waals surface area contributed by atoms with E-state index < -0.39 is 0 Å². The van der Waals surface area contributed by atoms with Crippen LogP contribution in [0.5, 0.6) is 0 Å². The zero-order valence-corrected chi connectivity index (χ0v) is 20.6. The Balaban J connectivity index is 0.00000300. The molecule has 0 bridgehead atoms. The fourth-order valence-corrected chi connectivity index (χ4v) is 4.40. The summed E-state index contributed by atoms with van der Waals surface area (Å²) in [4.78, 5) is 21.9. The number of carbonyl (C=O) groups excluding carboxylic acids is 1. The smallest absolute Gasteiger partial charge is 0.260 e. The van der Waals surface area contributed by atoms with Gasteiger partial charge in [0, 0.05) is 23.1 Å². The lowest BCUT2D eigenvalue weighted by molar-refractivity contribution is 0.0985. The molecule has 0 radical (unpaired) electrons.